The zero-order valence-electron chi connectivity index (χ0n) is 17.6. The zero-order valence-corrected chi connectivity index (χ0v) is 18.4. The minimum absolute atomic E-state index is 0.119. The number of para-hydroxylation sites is 1. The molecule has 1 heterocycles. The predicted molar refractivity (Wildman–Crippen MR) is 124 cm³/mol. The number of benzene rings is 2. The lowest BCUT2D eigenvalue weighted by Gasteiger charge is -2.20. The van der Waals surface area contributed by atoms with Crippen LogP contribution in [0, 0.1) is 0 Å². The molecule has 0 atom stereocenters. The van der Waals surface area contributed by atoms with Crippen molar-refractivity contribution in [3.05, 3.63) is 77.0 Å². The van der Waals surface area contributed by atoms with Gasteiger partial charge in [0.2, 0.25) is 10.0 Å². The van der Waals surface area contributed by atoms with Crippen LogP contribution in [-0.2, 0) is 16.4 Å². The summed E-state index contributed by atoms with van der Waals surface area (Å²) in [4.78, 5) is 19.9. The highest BCUT2D eigenvalue weighted by Crippen LogP contribution is 2.37. The van der Waals surface area contributed by atoms with E-state index in [9.17, 15) is 13.2 Å². The highest BCUT2D eigenvalue weighted by molar-refractivity contribution is 7.88. The second-order valence-electron chi connectivity index (χ2n) is 7.80. The van der Waals surface area contributed by atoms with Gasteiger partial charge in [0, 0.05) is 25.5 Å². The number of allylic oxidation sites excluding steroid dienone is 1. The van der Waals surface area contributed by atoms with Crippen molar-refractivity contribution in [3.8, 4) is 0 Å². The minimum Gasteiger partial charge on any atom is -0.340 e. The number of carbonyl (C=O) groups excluding carboxylic acids is 1. The van der Waals surface area contributed by atoms with Crippen LogP contribution in [0.4, 0.5) is 0 Å². The van der Waals surface area contributed by atoms with E-state index in [1.54, 1.807) is 11.9 Å². The van der Waals surface area contributed by atoms with E-state index in [-0.39, 0.29) is 19.0 Å². The van der Waals surface area contributed by atoms with Crippen molar-refractivity contribution in [2.75, 3.05) is 26.4 Å². The third-order valence-electron chi connectivity index (χ3n) is 5.45. The number of carbonyl (C=O) groups is 1. The van der Waals surface area contributed by atoms with Gasteiger partial charge in [-0.2, -0.15) is 0 Å². The molecule has 1 N–H and O–H groups in total. The summed E-state index contributed by atoms with van der Waals surface area (Å²) in [5.74, 6) is -0.119. The zero-order chi connectivity index (χ0) is 22.0. The van der Waals surface area contributed by atoms with Gasteiger partial charge in [-0.15, -0.1) is 0 Å². The Balaban J connectivity index is 1.74. The molecule has 0 radical (unpaired) electrons. The lowest BCUT2D eigenvalue weighted by molar-refractivity contribution is 0.0798. The number of amides is 1. The summed E-state index contributed by atoms with van der Waals surface area (Å²) in [5.41, 5.74) is 5.54. The van der Waals surface area contributed by atoms with Gasteiger partial charge in [0.1, 0.15) is 0 Å². The quantitative estimate of drug-likeness (QED) is 0.644. The summed E-state index contributed by atoms with van der Waals surface area (Å²) in [6.07, 6.45) is 4.83. The normalized spacial score (nSPS) is 14.7. The van der Waals surface area contributed by atoms with Crippen molar-refractivity contribution >= 4 is 38.5 Å². The van der Waals surface area contributed by atoms with Crippen LogP contribution in [0.25, 0.3) is 22.6 Å². The summed E-state index contributed by atoms with van der Waals surface area (Å²) in [7, 11) is -1.60. The Labute approximate surface area is 182 Å². The molecule has 1 aliphatic rings. The van der Waals surface area contributed by atoms with E-state index in [4.69, 9.17) is 4.98 Å². The Morgan fingerprint density at radius 1 is 1.10 bits per heavy atom. The highest BCUT2D eigenvalue weighted by Gasteiger charge is 2.28. The number of hydrogen-bond acceptors (Lipinski definition) is 4. The molecule has 1 amide bonds. The van der Waals surface area contributed by atoms with Gasteiger partial charge >= 0.3 is 0 Å². The molecule has 1 aliphatic carbocycles. The standard InChI is InChI=1S/C24H25N3O3S/c1-27(15-14-25-31(2,29)30)24(28)22-19-10-6-7-11-21(19)26-23-18(12-13-20(22)23)16-17-8-4-3-5-9-17/h3-11,16,25H,12-15H2,1-2H3. The maximum absolute atomic E-state index is 13.4. The number of pyridine rings is 1. The number of nitrogens with one attached hydrogen (secondary N) is 1. The molecule has 0 saturated heterocycles. The predicted octanol–water partition coefficient (Wildman–Crippen LogP) is 3.34. The molecule has 0 fully saturated rings. The lowest BCUT2D eigenvalue weighted by Crippen LogP contribution is -2.36. The summed E-state index contributed by atoms with van der Waals surface area (Å²) >= 11 is 0. The van der Waals surface area contributed by atoms with Crippen LogP contribution >= 0.6 is 0 Å². The van der Waals surface area contributed by atoms with Crippen molar-refractivity contribution in [2.45, 2.75) is 12.8 Å². The van der Waals surface area contributed by atoms with E-state index in [0.717, 1.165) is 52.4 Å². The topological polar surface area (TPSA) is 79.4 Å². The summed E-state index contributed by atoms with van der Waals surface area (Å²) in [6.45, 7) is 0.454. The first-order chi connectivity index (χ1) is 14.8. The molecule has 7 heteroatoms. The Morgan fingerprint density at radius 2 is 1.81 bits per heavy atom. The van der Waals surface area contributed by atoms with Gasteiger partial charge in [-0.25, -0.2) is 18.1 Å². The maximum Gasteiger partial charge on any atom is 0.254 e. The van der Waals surface area contributed by atoms with Crippen LogP contribution in [0.3, 0.4) is 0 Å². The van der Waals surface area contributed by atoms with Crippen molar-refractivity contribution in [1.29, 1.82) is 0 Å². The highest BCUT2D eigenvalue weighted by atomic mass is 32.2. The molecule has 1 aromatic heterocycles. The van der Waals surface area contributed by atoms with Crippen LogP contribution in [0.1, 0.15) is 33.6 Å². The number of aromatic nitrogens is 1. The minimum atomic E-state index is -3.30. The van der Waals surface area contributed by atoms with Crippen molar-refractivity contribution < 1.29 is 13.2 Å². The van der Waals surface area contributed by atoms with Crippen LogP contribution in [-0.4, -0.2) is 50.6 Å². The van der Waals surface area contributed by atoms with Gasteiger partial charge < -0.3 is 4.90 Å². The summed E-state index contributed by atoms with van der Waals surface area (Å²) in [6, 6.07) is 17.8. The molecule has 6 nitrogen and oxygen atoms in total. The van der Waals surface area contributed by atoms with E-state index in [1.807, 2.05) is 42.5 Å². The third-order valence-corrected chi connectivity index (χ3v) is 6.18. The fourth-order valence-electron chi connectivity index (χ4n) is 3.96. The first-order valence-electron chi connectivity index (χ1n) is 10.2. The molecule has 0 spiro atoms. The van der Waals surface area contributed by atoms with Crippen LogP contribution in [0.2, 0.25) is 0 Å². The van der Waals surface area contributed by atoms with E-state index < -0.39 is 10.0 Å². The lowest BCUT2D eigenvalue weighted by atomic mass is 9.99. The fraction of sp³-hybridized carbons (Fsp3) is 0.250. The Morgan fingerprint density at radius 3 is 2.55 bits per heavy atom. The number of fused-ring (bicyclic) bond motifs is 2. The summed E-state index contributed by atoms with van der Waals surface area (Å²) in [5, 5.41) is 0.829. The maximum atomic E-state index is 13.4. The van der Waals surface area contributed by atoms with E-state index in [0.29, 0.717) is 5.56 Å². The smallest absolute Gasteiger partial charge is 0.254 e. The Bertz CT molecular complexity index is 1270. The molecule has 0 aliphatic heterocycles. The van der Waals surface area contributed by atoms with Gasteiger partial charge in [-0.05, 0) is 41.7 Å². The average molecular weight is 436 g/mol. The van der Waals surface area contributed by atoms with E-state index in [1.165, 1.54) is 0 Å². The van der Waals surface area contributed by atoms with Gasteiger partial charge in [-0.3, -0.25) is 4.79 Å². The van der Waals surface area contributed by atoms with Crippen molar-refractivity contribution in [3.63, 3.8) is 0 Å². The van der Waals surface area contributed by atoms with Gasteiger partial charge in [0.25, 0.3) is 5.91 Å². The number of nitrogens with zero attached hydrogens (tertiary/aromatic N) is 2. The van der Waals surface area contributed by atoms with Crippen LogP contribution in [0.5, 0.6) is 0 Å². The second kappa shape index (κ2) is 8.61. The van der Waals surface area contributed by atoms with Crippen molar-refractivity contribution in [1.82, 2.24) is 14.6 Å². The fourth-order valence-corrected chi connectivity index (χ4v) is 4.43. The average Bonchev–Trinajstić information content (AvgIpc) is 3.13. The second-order valence-corrected chi connectivity index (χ2v) is 9.64. The monoisotopic (exact) mass is 435 g/mol. The first kappa shape index (κ1) is 21.2. The molecular weight excluding hydrogens is 410 g/mol. The number of hydrogen-bond donors (Lipinski definition) is 1. The molecular formula is C24H25N3O3S. The first-order valence-corrected chi connectivity index (χ1v) is 12.1. The molecule has 31 heavy (non-hydrogen) atoms. The summed E-state index contributed by atoms with van der Waals surface area (Å²) < 4.78 is 25.1. The van der Waals surface area contributed by atoms with Crippen molar-refractivity contribution in [2.24, 2.45) is 0 Å². The molecule has 0 unspecified atom stereocenters. The Hall–Kier alpha value is -3.03. The Kier molecular flexibility index (Phi) is 5.89. The molecule has 0 bridgehead atoms. The molecule has 160 valence electrons. The van der Waals surface area contributed by atoms with Crippen LogP contribution in [0.15, 0.2) is 54.6 Å². The molecule has 3 aromatic rings. The van der Waals surface area contributed by atoms with Crippen LogP contribution < -0.4 is 4.72 Å². The number of rotatable bonds is 6. The van der Waals surface area contributed by atoms with Gasteiger partial charge in [0.05, 0.1) is 23.0 Å². The third kappa shape index (κ3) is 4.68. The molecule has 4 rings (SSSR count). The molecule has 2 aromatic carbocycles. The molecule has 0 saturated carbocycles. The van der Waals surface area contributed by atoms with Gasteiger partial charge in [0.15, 0.2) is 0 Å². The van der Waals surface area contributed by atoms with E-state index in [2.05, 4.69) is 22.9 Å². The largest absolute Gasteiger partial charge is 0.340 e. The SMILES string of the molecule is CN(CCNS(C)(=O)=O)C(=O)c1c2c(nc3ccccc13)C(=Cc1ccccc1)CC2. The number of likely N-dealkylation sites (N-methyl/N-ethyl adjacent to an activating group) is 1. The van der Waals surface area contributed by atoms with Gasteiger partial charge in [-0.1, -0.05) is 48.5 Å². The number of sulfonamides is 1. The van der Waals surface area contributed by atoms with E-state index >= 15 is 0 Å².